The highest BCUT2D eigenvalue weighted by Crippen LogP contribution is 2.40. The fraction of sp³-hybridized carbons (Fsp3) is 0.950. The standard InChI is InChI=1S/C20H40N4O/c1-3-25-17-12-20(10-6-7-11-20)18-23-19(21-2)22-13-16-24-14-8-4-5-9-15-24/h3-18H2,1-2H3,(H2,21,22,23). The quantitative estimate of drug-likeness (QED) is 0.380. The van der Waals surface area contributed by atoms with E-state index in [0.29, 0.717) is 5.41 Å². The number of nitrogens with zero attached hydrogens (tertiary/aromatic N) is 2. The van der Waals surface area contributed by atoms with Gasteiger partial charge < -0.3 is 20.3 Å². The third kappa shape index (κ3) is 7.53. The number of ether oxygens (including phenoxy) is 1. The van der Waals surface area contributed by atoms with E-state index in [-0.39, 0.29) is 0 Å². The summed E-state index contributed by atoms with van der Waals surface area (Å²) in [6.45, 7) is 9.42. The highest BCUT2D eigenvalue weighted by atomic mass is 16.5. The van der Waals surface area contributed by atoms with Gasteiger partial charge >= 0.3 is 0 Å². The van der Waals surface area contributed by atoms with Gasteiger partial charge in [-0.2, -0.15) is 0 Å². The summed E-state index contributed by atoms with van der Waals surface area (Å²) in [5.74, 6) is 0.956. The van der Waals surface area contributed by atoms with Crippen LogP contribution in [0.4, 0.5) is 0 Å². The molecule has 0 aromatic heterocycles. The highest BCUT2D eigenvalue weighted by molar-refractivity contribution is 5.79. The monoisotopic (exact) mass is 352 g/mol. The van der Waals surface area contributed by atoms with Crippen molar-refractivity contribution < 1.29 is 4.74 Å². The second-order valence-electron chi connectivity index (χ2n) is 7.76. The summed E-state index contributed by atoms with van der Waals surface area (Å²) in [4.78, 5) is 7.01. The Labute approximate surface area is 155 Å². The molecule has 1 aliphatic carbocycles. The summed E-state index contributed by atoms with van der Waals surface area (Å²) in [5, 5.41) is 7.11. The van der Waals surface area contributed by atoms with Gasteiger partial charge in [0.2, 0.25) is 0 Å². The minimum atomic E-state index is 0.400. The molecule has 25 heavy (non-hydrogen) atoms. The second-order valence-corrected chi connectivity index (χ2v) is 7.76. The number of hydrogen-bond acceptors (Lipinski definition) is 3. The first kappa shape index (κ1) is 20.5. The summed E-state index contributed by atoms with van der Waals surface area (Å²) in [6.07, 6.45) is 12.0. The van der Waals surface area contributed by atoms with Gasteiger partial charge in [-0.1, -0.05) is 25.7 Å². The molecule has 2 N–H and O–H groups in total. The zero-order valence-electron chi connectivity index (χ0n) is 16.6. The summed E-state index contributed by atoms with van der Waals surface area (Å²) in [5.41, 5.74) is 0.400. The summed E-state index contributed by atoms with van der Waals surface area (Å²) < 4.78 is 5.62. The van der Waals surface area contributed by atoms with Crippen LogP contribution in [-0.2, 0) is 4.74 Å². The van der Waals surface area contributed by atoms with E-state index >= 15 is 0 Å². The lowest BCUT2D eigenvalue weighted by Crippen LogP contribution is -2.45. The number of nitrogens with one attached hydrogen (secondary N) is 2. The molecule has 1 saturated heterocycles. The highest BCUT2D eigenvalue weighted by Gasteiger charge is 2.33. The maximum atomic E-state index is 5.62. The van der Waals surface area contributed by atoms with Gasteiger partial charge in [0.1, 0.15) is 0 Å². The van der Waals surface area contributed by atoms with Crippen LogP contribution in [0.15, 0.2) is 4.99 Å². The van der Waals surface area contributed by atoms with Gasteiger partial charge in [-0.05, 0) is 57.5 Å². The van der Waals surface area contributed by atoms with Crippen molar-refractivity contribution in [2.24, 2.45) is 10.4 Å². The lowest BCUT2D eigenvalue weighted by molar-refractivity contribution is 0.105. The molecule has 2 aliphatic rings. The van der Waals surface area contributed by atoms with Crippen LogP contribution in [0.2, 0.25) is 0 Å². The largest absolute Gasteiger partial charge is 0.382 e. The van der Waals surface area contributed by atoms with E-state index < -0.39 is 0 Å². The van der Waals surface area contributed by atoms with Gasteiger partial charge in [0.15, 0.2) is 5.96 Å². The molecule has 1 saturated carbocycles. The molecule has 0 unspecified atom stereocenters. The molecule has 0 aromatic carbocycles. The molecule has 1 aliphatic heterocycles. The summed E-state index contributed by atoms with van der Waals surface area (Å²) in [6, 6.07) is 0. The summed E-state index contributed by atoms with van der Waals surface area (Å²) >= 11 is 0. The van der Waals surface area contributed by atoms with E-state index in [2.05, 4.69) is 27.4 Å². The zero-order chi connectivity index (χ0) is 17.8. The Morgan fingerprint density at radius 3 is 2.40 bits per heavy atom. The van der Waals surface area contributed by atoms with Crippen molar-refractivity contribution in [1.82, 2.24) is 15.5 Å². The van der Waals surface area contributed by atoms with Crippen LogP contribution in [0.1, 0.15) is 64.7 Å². The van der Waals surface area contributed by atoms with Gasteiger partial charge in [-0.15, -0.1) is 0 Å². The maximum absolute atomic E-state index is 5.62. The molecule has 5 nitrogen and oxygen atoms in total. The molecule has 0 aromatic rings. The topological polar surface area (TPSA) is 48.9 Å². The van der Waals surface area contributed by atoms with Crippen LogP contribution < -0.4 is 10.6 Å². The lowest BCUT2D eigenvalue weighted by Gasteiger charge is -2.30. The first-order valence-electron chi connectivity index (χ1n) is 10.5. The third-order valence-corrected chi connectivity index (χ3v) is 5.92. The first-order valence-corrected chi connectivity index (χ1v) is 10.5. The number of rotatable bonds is 9. The Kier molecular flexibility index (Phi) is 9.63. The fourth-order valence-electron chi connectivity index (χ4n) is 4.26. The predicted molar refractivity (Wildman–Crippen MR) is 106 cm³/mol. The average molecular weight is 353 g/mol. The van der Waals surface area contributed by atoms with Crippen LogP contribution in [0.25, 0.3) is 0 Å². The average Bonchev–Trinajstić information content (AvgIpc) is 2.93. The third-order valence-electron chi connectivity index (χ3n) is 5.92. The molecule has 0 atom stereocenters. The Bertz CT molecular complexity index is 372. The van der Waals surface area contributed by atoms with Crippen molar-refractivity contribution in [2.75, 3.05) is 53.0 Å². The van der Waals surface area contributed by atoms with E-state index in [0.717, 1.165) is 38.8 Å². The number of likely N-dealkylation sites (tertiary alicyclic amines) is 1. The van der Waals surface area contributed by atoms with Gasteiger partial charge in [-0.25, -0.2) is 0 Å². The minimum absolute atomic E-state index is 0.400. The zero-order valence-corrected chi connectivity index (χ0v) is 16.6. The molecular formula is C20H40N4O. The molecule has 5 heteroatoms. The fourth-order valence-corrected chi connectivity index (χ4v) is 4.26. The molecular weight excluding hydrogens is 312 g/mol. The normalized spacial score (nSPS) is 21.9. The number of hydrogen-bond donors (Lipinski definition) is 2. The van der Waals surface area contributed by atoms with Crippen molar-refractivity contribution in [1.29, 1.82) is 0 Å². The second kappa shape index (κ2) is 11.7. The maximum Gasteiger partial charge on any atom is 0.191 e. The van der Waals surface area contributed by atoms with E-state index in [4.69, 9.17) is 4.74 Å². The van der Waals surface area contributed by atoms with E-state index in [1.807, 2.05) is 7.05 Å². The van der Waals surface area contributed by atoms with Crippen molar-refractivity contribution >= 4 is 5.96 Å². The van der Waals surface area contributed by atoms with E-state index in [1.54, 1.807) is 0 Å². The van der Waals surface area contributed by atoms with Crippen molar-refractivity contribution in [3.05, 3.63) is 0 Å². The predicted octanol–water partition coefficient (Wildman–Crippen LogP) is 3.01. The molecule has 0 radical (unpaired) electrons. The Balaban J connectivity index is 1.69. The van der Waals surface area contributed by atoms with Gasteiger partial charge in [0.25, 0.3) is 0 Å². The Morgan fingerprint density at radius 1 is 1.04 bits per heavy atom. The van der Waals surface area contributed by atoms with E-state index in [1.165, 1.54) is 70.9 Å². The molecule has 1 heterocycles. The van der Waals surface area contributed by atoms with Gasteiger partial charge in [0.05, 0.1) is 0 Å². The van der Waals surface area contributed by atoms with Gasteiger partial charge in [0, 0.05) is 39.9 Å². The molecule has 2 rings (SSSR count). The Morgan fingerprint density at radius 2 is 1.76 bits per heavy atom. The number of guanidine groups is 1. The van der Waals surface area contributed by atoms with Crippen molar-refractivity contribution in [2.45, 2.75) is 64.7 Å². The SMILES string of the molecule is CCOCCC1(CNC(=NC)NCCN2CCCCCC2)CCCC1. The molecule has 0 bridgehead atoms. The van der Waals surface area contributed by atoms with Crippen LogP contribution in [0, 0.1) is 5.41 Å². The minimum Gasteiger partial charge on any atom is -0.382 e. The smallest absolute Gasteiger partial charge is 0.191 e. The molecule has 2 fully saturated rings. The number of aliphatic imine (C=N–C) groups is 1. The van der Waals surface area contributed by atoms with Crippen LogP contribution in [0.5, 0.6) is 0 Å². The van der Waals surface area contributed by atoms with Crippen LogP contribution in [0.3, 0.4) is 0 Å². The van der Waals surface area contributed by atoms with Crippen molar-refractivity contribution in [3.8, 4) is 0 Å². The lowest BCUT2D eigenvalue weighted by atomic mass is 9.83. The van der Waals surface area contributed by atoms with Gasteiger partial charge in [-0.3, -0.25) is 4.99 Å². The Hall–Kier alpha value is -0.810. The molecule has 0 spiro atoms. The van der Waals surface area contributed by atoms with Crippen molar-refractivity contribution in [3.63, 3.8) is 0 Å². The van der Waals surface area contributed by atoms with Crippen LogP contribution >= 0.6 is 0 Å². The first-order chi connectivity index (χ1) is 12.3. The molecule has 146 valence electrons. The molecule has 0 amide bonds. The van der Waals surface area contributed by atoms with E-state index in [9.17, 15) is 0 Å². The summed E-state index contributed by atoms with van der Waals surface area (Å²) in [7, 11) is 1.88. The van der Waals surface area contributed by atoms with Crippen LogP contribution in [-0.4, -0.2) is 63.8 Å².